The third-order valence-corrected chi connectivity index (χ3v) is 7.13. The summed E-state index contributed by atoms with van der Waals surface area (Å²) in [6, 6.07) is 3.53. The number of hydrogen-bond acceptors (Lipinski definition) is 4. The van der Waals surface area contributed by atoms with Crippen molar-refractivity contribution in [1.29, 1.82) is 0 Å². The number of aromatic nitrogens is 2. The molecule has 0 aromatic carbocycles. The number of rotatable bonds is 8. The van der Waals surface area contributed by atoms with Gasteiger partial charge in [0.1, 0.15) is 11.4 Å². The summed E-state index contributed by atoms with van der Waals surface area (Å²) in [7, 11) is 0. The minimum absolute atomic E-state index is 0.171. The Morgan fingerprint density at radius 3 is 2.43 bits per heavy atom. The molecule has 0 spiro atoms. The van der Waals surface area contributed by atoms with Gasteiger partial charge in [0.25, 0.3) is 11.8 Å². The van der Waals surface area contributed by atoms with Crippen LogP contribution >= 0.6 is 0 Å². The molecule has 2 saturated carbocycles. The normalized spacial score (nSPS) is 18.8. The molecular weight excluding hydrogens is 461 g/mol. The lowest BCUT2D eigenvalue weighted by molar-refractivity contribution is -0.141. The average Bonchev–Trinajstić information content (AvgIpc) is 3.77. The Morgan fingerprint density at radius 1 is 1.14 bits per heavy atom. The quantitative estimate of drug-likeness (QED) is 0.580. The van der Waals surface area contributed by atoms with Gasteiger partial charge in [-0.3, -0.25) is 14.6 Å². The smallest absolute Gasteiger partial charge is 0.373 e. The van der Waals surface area contributed by atoms with Crippen LogP contribution in [0.15, 0.2) is 24.4 Å². The van der Waals surface area contributed by atoms with E-state index in [9.17, 15) is 22.8 Å². The van der Waals surface area contributed by atoms with Crippen molar-refractivity contribution in [1.82, 2.24) is 20.2 Å². The van der Waals surface area contributed by atoms with Gasteiger partial charge >= 0.3 is 6.18 Å². The first-order valence-electron chi connectivity index (χ1n) is 12.2. The molecule has 2 fully saturated rings. The van der Waals surface area contributed by atoms with E-state index in [2.05, 4.69) is 15.6 Å². The zero-order valence-corrected chi connectivity index (χ0v) is 19.5. The Morgan fingerprint density at radius 2 is 1.86 bits per heavy atom. The first-order valence-corrected chi connectivity index (χ1v) is 12.2. The van der Waals surface area contributed by atoms with Crippen molar-refractivity contribution in [3.63, 3.8) is 0 Å². The SMILES string of the molecule is CCC(NC(=O)c1cc(C(=O)NC(C2CC2)C2CC2)n2c1COCC2)c1ccc(C(F)(F)F)nc1. The van der Waals surface area contributed by atoms with E-state index >= 15 is 0 Å². The number of hydrogen-bond donors (Lipinski definition) is 2. The first-order chi connectivity index (χ1) is 16.8. The lowest BCUT2D eigenvalue weighted by atomic mass is 10.1. The summed E-state index contributed by atoms with van der Waals surface area (Å²) in [5.41, 5.74) is 0.931. The molecule has 10 heteroatoms. The first kappa shape index (κ1) is 23.8. The molecule has 0 radical (unpaired) electrons. The Balaban J connectivity index is 1.35. The fourth-order valence-corrected chi connectivity index (χ4v) is 4.90. The maximum atomic E-state index is 13.3. The molecule has 2 N–H and O–H groups in total. The second kappa shape index (κ2) is 9.29. The van der Waals surface area contributed by atoms with Crippen LogP contribution in [0.2, 0.25) is 0 Å². The van der Waals surface area contributed by atoms with Gasteiger partial charge in [-0.15, -0.1) is 0 Å². The number of carbonyl (C=O) groups is 2. The molecule has 2 aliphatic carbocycles. The van der Waals surface area contributed by atoms with E-state index < -0.39 is 23.8 Å². The number of nitrogens with one attached hydrogen (secondary N) is 2. The topological polar surface area (TPSA) is 85.2 Å². The Labute approximate surface area is 201 Å². The summed E-state index contributed by atoms with van der Waals surface area (Å²) in [6.45, 7) is 2.97. The van der Waals surface area contributed by atoms with Gasteiger partial charge in [0.15, 0.2) is 0 Å². The monoisotopic (exact) mass is 490 g/mol. The fraction of sp³-hybridized carbons (Fsp3) is 0.560. The van der Waals surface area contributed by atoms with Crippen molar-refractivity contribution in [2.24, 2.45) is 11.8 Å². The molecule has 35 heavy (non-hydrogen) atoms. The van der Waals surface area contributed by atoms with Crippen LogP contribution in [-0.2, 0) is 24.1 Å². The molecule has 2 aromatic heterocycles. The van der Waals surface area contributed by atoms with E-state index in [4.69, 9.17) is 4.74 Å². The molecule has 1 unspecified atom stereocenters. The van der Waals surface area contributed by atoms with Crippen LogP contribution in [0.1, 0.15) is 82.9 Å². The van der Waals surface area contributed by atoms with Crippen LogP contribution < -0.4 is 10.6 Å². The van der Waals surface area contributed by atoms with Gasteiger partial charge < -0.3 is 19.9 Å². The summed E-state index contributed by atoms with van der Waals surface area (Å²) in [4.78, 5) is 30.0. The van der Waals surface area contributed by atoms with Crippen molar-refractivity contribution >= 4 is 11.8 Å². The largest absolute Gasteiger partial charge is 0.433 e. The summed E-state index contributed by atoms with van der Waals surface area (Å²) in [5.74, 6) is 0.535. The Kier molecular flexibility index (Phi) is 6.33. The number of ether oxygens (including phenoxy) is 1. The molecule has 3 heterocycles. The van der Waals surface area contributed by atoms with Crippen LogP contribution in [0, 0.1) is 11.8 Å². The predicted molar refractivity (Wildman–Crippen MR) is 121 cm³/mol. The molecule has 188 valence electrons. The zero-order chi connectivity index (χ0) is 24.7. The lowest BCUT2D eigenvalue weighted by Crippen LogP contribution is -2.39. The van der Waals surface area contributed by atoms with E-state index in [1.54, 1.807) is 6.07 Å². The summed E-state index contributed by atoms with van der Waals surface area (Å²) in [5, 5.41) is 6.12. The minimum atomic E-state index is -4.52. The number of halogens is 3. The number of pyridine rings is 1. The molecule has 5 rings (SSSR count). The van der Waals surface area contributed by atoms with Crippen molar-refractivity contribution in [2.45, 2.75) is 70.4 Å². The molecule has 7 nitrogen and oxygen atoms in total. The minimum Gasteiger partial charge on any atom is -0.373 e. The average molecular weight is 491 g/mol. The van der Waals surface area contributed by atoms with Crippen LogP contribution in [0.25, 0.3) is 0 Å². The van der Waals surface area contributed by atoms with Gasteiger partial charge in [0.05, 0.1) is 30.5 Å². The van der Waals surface area contributed by atoms with Gasteiger partial charge in [-0.25, -0.2) is 0 Å². The highest BCUT2D eigenvalue weighted by Gasteiger charge is 2.43. The van der Waals surface area contributed by atoms with Crippen LogP contribution in [0.4, 0.5) is 13.2 Å². The third-order valence-electron chi connectivity index (χ3n) is 7.13. The number of amides is 2. The second-order valence-electron chi connectivity index (χ2n) is 9.68. The van der Waals surface area contributed by atoms with Crippen molar-refractivity contribution in [3.8, 4) is 0 Å². The maximum Gasteiger partial charge on any atom is 0.433 e. The summed E-state index contributed by atoms with van der Waals surface area (Å²) < 4.78 is 46.0. The highest BCUT2D eigenvalue weighted by atomic mass is 19.4. The van der Waals surface area contributed by atoms with Gasteiger partial charge in [-0.05, 0) is 61.6 Å². The Hall–Kier alpha value is -2.88. The van der Waals surface area contributed by atoms with Crippen LogP contribution in [0.5, 0.6) is 0 Å². The highest BCUT2D eigenvalue weighted by molar-refractivity contribution is 6.01. The molecule has 1 atom stereocenters. The molecule has 0 bridgehead atoms. The molecule has 1 aliphatic heterocycles. The lowest BCUT2D eigenvalue weighted by Gasteiger charge is -2.22. The molecule has 2 amide bonds. The Bertz CT molecular complexity index is 1090. The van der Waals surface area contributed by atoms with Crippen molar-refractivity contribution in [3.05, 3.63) is 52.6 Å². The van der Waals surface area contributed by atoms with E-state index in [0.717, 1.165) is 37.9 Å². The van der Waals surface area contributed by atoms with Crippen molar-refractivity contribution in [2.75, 3.05) is 6.61 Å². The van der Waals surface area contributed by atoms with E-state index in [1.807, 2.05) is 11.5 Å². The summed E-state index contributed by atoms with van der Waals surface area (Å²) >= 11 is 0. The van der Waals surface area contributed by atoms with E-state index in [-0.39, 0.29) is 18.6 Å². The molecule has 3 aliphatic rings. The fourth-order valence-electron chi connectivity index (χ4n) is 4.90. The van der Waals surface area contributed by atoms with Gasteiger partial charge in [-0.1, -0.05) is 13.0 Å². The van der Waals surface area contributed by atoms with Gasteiger partial charge in [0, 0.05) is 18.8 Å². The molecule has 0 saturated heterocycles. The van der Waals surface area contributed by atoms with Gasteiger partial charge in [-0.2, -0.15) is 13.2 Å². The highest BCUT2D eigenvalue weighted by Crippen LogP contribution is 2.44. The summed E-state index contributed by atoms with van der Waals surface area (Å²) in [6.07, 6.45) is 1.66. The number of alkyl halides is 3. The predicted octanol–water partition coefficient (Wildman–Crippen LogP) is 4.23. The number of fused-ring (bicyclic) bond motifs is 1. The van der Waals surface area contributed by atoms with E-state index in [1.165, 1.54) is 6.07 Å². The van der Waals surface area contributed by atoms with E-state index in [0.29, 0.717) is 53.9 Å². The maximum absolute atomic E-state index is 13.3. The van der Waals surface area contributed by atoms with Crippen molar-refractivity contribution < 1.29 is 27.5 Å². The third kappa shape index (κ3) is 5.07. The van der Waals surface area contributed by atoms with Crippen LogP contribution in [-0.4, -0.2) is 34.0 Å². The van der Waals surface area contributed by atoms with Crippen LogP contribution in [0.3, 0.4) is 0 Å². The zero-order valence-electron chi connectivity index (χ0n) is 19.5. The number of carbonyl (C=O) groups excluding carboxylic acids is 2. The standard InChI is InChI=1S/C25H29F3N4O3/c1-2-18(16-7-8-21(29-12-16)25(26,27)28)30-23(33)17-11-19(32-9-10-35-13-20(17)32)24(34)31-22(14-3-4-14)15-5-6-15/h7-8,11-12,14-15,18,22H,2-6,9-10,13H2,1H3,(H,30,33)(H,31,34). The molecule has 2 aromatic rings. The second-order valence-corrected chi connectivity index (χ2v) is 9.68. The molecular formula is C25H29F3N4O3. The number of nitrogens with zero attached hydrogens (tertiary/aromatic N) is 2. The van der Waals surface area contributed by atoms with Gasteiger partial charge in [0.2, 0.25) is 0 Å².